The van der Waals surface area contributed by atoms with Gasteiger partial charge < -0.3 is 5.32 Å². The van der Waals surface area contributed by atoms with Crippen LogP contribution < -0.4 is 5.32 Å². The Kier molecular flexibility index (Phi) is 3.59. The number of rotatable bonds is 6. The summed E-state index contributed by atoms with van der Waals surface area (Å²) in [7, 11) is 0. The van der Waals surface area contributed by atoms with Gasteiger partial charge in [-0.15, -0.1) is 0 Å². The maximum Gasteiger partial charge on any atom is 0.123 e. The number of hydrogen-bond donors (Lipinski definition) is 1. The van der Waals surface area contributed by atoms with E-state index >= 15 is 0 Å². The summed E-state index contributed by atoms with van der Waals surface area (Å²) in [5.41, 5.74) is 1.73. The van der Waals surface area contributed by atoms with Crippen LogP contribution >= 0.6 is 0 Å². The van der Waals surface area contributed by atoms with E-state index in [4.69, 9.17) is 0 Å². The number of hydrogen-bond acceptors (Lipinski definition) is 1. The van der Waals surface area contributed by atoms with Crippen molar-refractivity contribution in [1.82, 2.24) is 5.32 Å². The fourth-order valence-electron chi connectivity index (χ4n) is 2.16. The van der Waals surface area contributed by atoms with Crippen LogP contribution in [0.4, 0.5) is 4.39 Å². The first-order valence-electron chi connectivity index (χ1n) is 6.19. The number of halogens is 1. The SMILES string of the molecule is CCCNCC1(Cc2ccc(F)cc2)CC1. The summed E-state index contributed by atoms with van der Waals surface area (Å²) >= 11 is 0. The summed E-state index contributed by atoms with van der Waals surface area (Å²) in [5.74, 6) is -0.141. The lowest BCUT2D eigenvalue weighted by atomic mass is 9.96. The van der Waals surface area contributed by atoms with Crippen molar-refractivity contribution in [1.29, 1.82) is 0 Å². The molecule has 2 heteroatoms. The second-order valence-electron chi connectivity index (χ2n) is 4.98. The van der Waals surface area contributed by atoms with Crippen LogP contribution in [-0.4, -0.2) is 13.1 Å². The molecule has 88 valence electrons. The maximum absolute atomic E-state index is 12.8. The molecule has 2 rings (SSSR count). The van der Waals surface area contributed by atoms with E-state index in [0.29, 0.717) is 5.41 Å². The normalized spacial score (nSPS) is 17.4. The fraction of sp³-hybridized carbons (Fsp3) is 0.571. The van der Waals surface area contributed by atoms with Crippen LogP contribution in [0.3, 0.4) is 0 Å². The Bertz CT molecular complexity index is 327. The molecule has 1 aliphatic rings. The molecule has 0 bridgehead atoms. The third kappa shape index (κ3) is 3.05. The van der Waals surface area contributed by atoms with E-state index in [1.54, 1.807) is 12.1 Å². The van der Waals surface area contributed by atoms with E-state index in [1.165, 1.54) is 24.8 Å². The molecule has 0 amide bonds. The van der Waals surface area contributed by atoms with Gasteiger partial charge in [0.25, 0.3) is 0 Å². The van der Waals surface area contributed by atoms with E-state index < -0.39 is 0 Å². The summed E-state index contributed by atoms with van der Waals surface area (Å²) in [5, 5.41) is 3.50. The molecule has 0 atom stereocenters. The highest BCUT2D eigenvalue weighted by atomic mass is 19.1. The maximum atomic E-state index is 12.8. The zero-order chi connectivity index (χ0) is 11.4. The lowest BCUT2D eigenvalue weighted by Gasteiger charge is -2.15. The van der Waals surface area contributed by atoms with Crippen molar-refractivity contribution in [2.45, 2.75) is 32.6 Å². The topological polar surface area (TPSA) is 12.0 Å². The van der Waals surface area contributed by atoms with Gasteiger partial charge in [0.1, 0.15) is 5.82 Å². The van der Waals surface area contributed by atoms with Crippen LogP contribution in [0.25, 0.3) is 0 Å². The van der Waals surface area contributed by atoms with Crippen molar-refractivity contribution in [3.63, 3.8) is 0 Å². The van der Waals surface area contributed by atoms with Gasteiger partial charge in [0.2, 0.25) is 0 Å². The molecule has 1 saturated carbocycles. The van der Waals surface area contributed by atoms with Crippen molar-refractivity contribution in [2.75, 3.05) is 13.1 Å². The predicted molar refractivity (Wildman–Crippen MR) is 64.9 cm³/mol. The predicted octanol–water partition coefficient (Wildman–Crippen LogP) is 3.15. The molecule has 0 radical (unpaired) electrons. The van der Waals surface area contributed by atoms with Gasteiger partial charge in [-0.1, -0.05) is 19.1 Å². The third-order valence-corrected chi connectivity index (χ3v) is 3.38. The van der Waals surface area contributed by atoms with E-state index in [9.17, 15) is 4.39 Å². The molecule has 1 aromatic carbocycles. The number of benzene rings is 1. The van der Waals surface area contributed by atoms with E-state index in [2.05, 4.69) is 12.2 Å². The Hall–Kier alpha value is -0.890. The average molecular weight is 221 g/mol. The highest BCUT2D eigenvalue weighted by Gasteiger charge is 2.41. The van der Waals surface area contributed by atoms with Gasteiger partial charge in [0, 0.05) is 6.54 Å². The minimum atomic E-state index is -0.141. The van der Waals surface area contributed by atoms with Crippen molar-refractivity contribution >= 4 is 0 Å². The molecule has 1 N–H and O–H groups in total. The van der Waals surface area contributed by atoms with Gasteiger partial charge in [0.15, 0.2) is 0 Å². The average Bonchev–Trinajstić information content (AvgIpc) is 3.03. The molecule has 16 heavy (non-hydrogen) atoms. The second kappa shape index (κ2) is 4.96. The highest BCUT2D eigenvalue weighted by molar-refractivity contribution is 5.19. The molecule has 1 aromatic rings. The molecule has 0 heterocycles. The quantitative estimate of drug-likeness (QED) is 0.728. The monoisotopic (exact) mass is 221 g/mol. The van der Waals surface area contributed by atoms with Crippen LogP contribution in [0.1, 0.15) is 31.7 Å². The first kappa shape index (κ1) is 11.6. The molecule has 0 saturated heterocycles. The van der Waals surface area contributed by atoms with E-state index in [0.717, 1.165) is 19.5 Å². The van der Waals surface area contributed by atoms with E-state index in [1.807, 2.05) is 12.1 Å². The van der Waals surface area contributed by atoms with Crippen LogP contribution in [0.15, 0.2) is 24.3 Å². The van der Waals surface area contributed by atoms with Gasteiger partial charge in [0.05, 0.1) is 0 Å². The molecule has 0 aromatic heterocycles. The molecule has 1 aliphatic carbocycles. The minimum absolute atomic E-state index is 0.141. The Labute approximate surface area is 97.1 Å². The van der Waals surface area contributed by atoms with Crippen molar-refractivity contribution in [3.05, 3.63) is 35.6 Å². The molecule has 1 fully saturated rings. The zero-order valence-electron chi connectivity index (χ0n) is 9.93. The summed E-state index contributed by atoms with van der Waals surface area (Å²) < 4.78 is 12.8. The second-order valence-corrected chi connectivity index (χ2v) is 4.98. The third-order valence-electron chi connectivity index (χ3n) is 3.38. The summed E-state index contributed by atoms with van der Waals surface area (Å²) in [6, 6.07) is 6.94. The van der Waals surface area contributed by atoms with Gasteiger partial charge in [-0.3, -0.25) is 0 Å². The van der Waals surface area contributed by atoms with Gasteiger partial charge >= 0.3 is 0 Å². The van der Waals surface area contributed by atoms with E-state index in [-0.39, 0.29) is 5.82 Å². The van der Waals surface area contributed by atoms with Crippen LogP contribution in [0.5, 0.6) is 0 Å². The summed E-state index contributed by atoms with van der Waals surface area (Å²) in [4.78, 5) is 0. The molecule has 1 nitrogen and oxygen atoms in total. The van der Waals surface area contributed by atoms with Crippen LogP contribution in [0, 0.1) is 11.2 Å². The number of nitrogens with one attached hydrogen (secondary N) is 1. The Morgan fingerprint density at radius 2 is 1.94 bits per heavy atom. The smallest absolute Gasteiger partial charge is 0.123 e. The lowest BCUT2D eigenvalue weighted by molar-refractivity contribution is 0.455. The van der Waals surface area contributed by atoms with Gasteiger partial charge in [-0.25, -0.2) is 4.39 Å². The Morgan fingerprint density at radius 1 is 1.25 bits per heavy atom. The molecular formula is C14H20FN. The Balaban J connectivity index is 1.86. The minimum Gasteiger partial charge on any atom is -0.316 e. The van der Waals surface area contributed by atoms with Crippen molar-refractivity contribution in [3.8, 4) is 0 Å². The van der Waals surface area contributed by atoms with Gasteiger partial charge in [-0.05, 0) is 55.3 Å². The fourth-order valence-corrected chi connectivity index (χ4v) is 2.16. The zero-order valence-corrected chi connectivity index (χ0v) is 9.93. The summed E-state index contributed by atoms with van der Waals surface area (Å²) in [6.45, 7) is 4.40. The van der Waals surface area contributed by atoms with Crippen molar-refractivity contribution < 1.29 is 4.39 Å². The largest absolute Gasteiger partial charge is 0.316 e. The first-order chi connectivity index (χ1) is 7.74. The van der Waals surface area contributed by atoms with Crippen LogP contribution in [-0.2, 0) is 6.42 Å². The molecular weight excluding hydrogens is 201 g/mol. The highest BCUT2D eigenvalue weighted by Crippen LogP contribution is 2.47. The molecule has 0 unspecified atom stereocenters. The molecule has 0 aliphatic heterocycles. The van der Waals surface area contributed by atoms with Gasteiger partial charge in [-0.2, -0.15) is 0 Å². The Morgan fingerprint density at radius 3 is 2.50 bits per heavy atom. The standard InChI is InChI=1S/C14H20FN/c1-2-9-16-11-14(7-8-14)10-12-3-5-13(15)6-4-12/h3-6,16H,2,7-11H2,1H3. The lowest BCUT2D eigenvalue weighted by Crippen LogP contribution is -2.26. The first-order valence-corrected chi connectivity index (χ1v) is 6.19. The van der Waals surface area contributed by atoms with Crippen molar-refractivity contribution in [2.24, 2.45) is 5.41 Å². The van der Waals surface area contributed by atoms with Crippen LogP contribution in [0.2, 0.25) is 0 Å². The summed E-state index contributed by atoms with van der Waals surface area (Å²) in [6.07, 6.45) is 4.89. The molecule has 0 spiro atoms.